The molecule has 5 heteroatoms. The van der Waals surface area contributed by atoms with Crippen molar-refractivity contribution in [1.29, 1.82) is 0 Å². The Kier molecular flexibility index (Phi) is 4.94. The van der Waals surface area contributed by atoms with E-state index in [1.54, 1.807) is 12.1 Å². The summed E-state index contributed by atoms with van der Waals surface area (Å²) in [4.78, 5) is 22.9. The van der Waals surface area contributed by atoms with E-state index in [0.717, 1.165) is 5.56 Å². The summed E-state index contributed by atoms with van der Waals surface area (Å²) >= 11 is 0. The van der Waals surface area contributed by atoms with Crippen molar-refractivity contribution in [3.05, 3.63) is 35.6 Å². The molecule has 2 N–H and O–H groups in total. The normalized spacial score (nSPS) is 22.8. The zero-order valence-electron chi connectivity index (χ0n) is 12.0. The van der Waals surface area contributed by atoms with Crippen LogP contribution in [0.4, 0.5) is 4.39 Å². The zero-order valence-corrected chi connectivity index (χ0v) is 12.0. The van der Waals surface area contributed by atoms with Crippen LogP contribution >= 0.6 is 0 Å². The summed E-state index contributed by atoms with van der Waals surface area (Å²) in [6.45, 7) is 1.88. The van der Waals surface area contributed by atoms with Gasteiger partial charge < -0.3 is 10.4 Å². The first-order chi connectivity index (χ1) is 9.95. The standard InChI is InChI=1S/C16H20FNO3/c1-10(11-3-2-4-13(17)8-11)7-15(19)18-14-6-5-12(9-14)16(20)21/h2-4,8,10,12,14H,5-7,9H2,1H3,(H,18,19)(H,20,21)/t10?,12-,14+/m0/s1. The molecule has 4 nitrogen and oxygen atoms in total. The number of benzene rings is 1. The van der Waals surface area contributed by atoms with Crippen molar-refractivity contribution in [3.8, 4) is 0 Å². The Morgan fingerprint density at radius 2 is 2.19 bits per heavy atom. The molecular weight excluding hydrogens is 273 g/mol. The first-order valence-electron chi connectivity index (χ1n) is 7.23. The van der Waals surface area contributed by atoms with Gasteiger partial charge in [-0.05, 0) is 42.9 Å². The molecule has 0 aromatic heterocycles. The maximum atomic E-state index is 13.2. The molecule has 1 fully saturated rings. The minimum Gasteiger partial charge on any atom is -0.481 e. The molecule has 114 valence electrons. The number of carboxylic acids is 1. The van der Waals surface area contributed by atoms with Crippen molar-refractivity contribution >= 4 is 11.9 Å². The number of amides is 1. The van der Waals surface area contributed by atoms with Crippen molar-refractivity contribution in [1.82, 2.24) is 5.32 Å². The number of carbonyl (C=O) groups is 2. The molecule has 0 spiro atoms. The van der Waals surface area contributed by atoms with Gasteiger partial charge in [-0.2, -0.15) is 0 Å². The van der Waals surface area contributed by atoms with E-state index in [0.29, 0.717) is 19.3 Å². The Morgan fingerprint density at radius 1 is 1.43 bits per heavy atom. The second kappa shape index (κ2) is 6.70. The Hall–Kier alpha value is -1.91. The number of nitrogens with one attached hydrogen (secondary N) is 1. The predicted octanol–water partition coefficient (Wildman–Crippen LogP) is 2.69. The van der Waals surface area contributed by atoms with E-state index < -0.39 is 5.97 Å². The number of aliphatic carboxylic acids is 1. The van der Waals surface area contributed by atoms with E-state index in [2.05, 4.69) is 5.32 Å². The maximum Gasteiger partial charge on any atom is 0.306 e. The smallest absolute Gasteiger partial charge is 0.306 e. The molecule has 1 aromatic rings. The summed E-state index contributed by atoms with van der Waals surface area (Å²) in [5.74, 6) is -1.63. The zero-order chi connectivity index (χ0) is 15.4. The second-order valence-corrected chi connectivity index (χ2v) is 5.77. The molecule has 1 saturated carbocycles. The number of carbonyl (C=O) groups excluding carboxylic acids is 1. The van der Waals surface area contributed by atoms with Gasteiger partial charge >= 0.3 is 5.97 Å². The highest BCUT2D eigenvalue weighted by molar-refractivity contribution is 5.77. The fraction of sp³-hybridized carbons (Fsp3) is 0.500. The van der Waals surface area contributed by atoms with Crippen molar-refractivity contribution in [2.75, 3.05) is 0 Å². The van der Waals surface area contributed by atoms with Gasteiger partial charge in [0.05, 0.1) is 5.92 Å². The average Bonchev–Trinajstić information content (AvgIpc) is 2.87. The van der Waals surface area contributed by atoms with Crippen LogP contribution in [0.3, 0.4) is 0 Å². The molecule has 0 radical (unpaired) electrons. The van der Waals surface area contributed by atoms with Crippen LogP contribution in [-0.4, -0.2) is 23.0 Å². The van der Waals surface area contributed by atoms with Crippen LogP contribution in [0.5, 0.6) is 0 Å². The summed E-state index contributed by atoms with van der Waals surface area (Å²) in [5, 5.41) is 11.8. The highest BCUT2D eigenvalue weighted by atomic mass is 19.1. The molecular formula is C16H20FNO3. The molecule has 1 unspecified atom stereocenters. The molecule has 1 aromatic carbocycles. The van der Waals surface area contributed by atoms with Gasteiger partial charge in [0.2, 0.25) is 5.91 Å². The summed E-state index contributed by atoms with van der Waals surface area (Å²) in [6, 6.07) is 6.19. The minimum absolute atomic E-state index is 0.0571. The van der Waals surface area contributed by atoms with Gasteiger partial charge in [-0.15, -0.1) is 0 Å². The summed E-state index contributed by atoms with van der Waals surface area (Å²) in [5.41, 5.74) is 0.792. The lowest BCUT2D eigenvalue weighted by atomic mass is 9.97. The van der Waals surface area contributed by atoms with E-state index in [4.69, 9.17) is 5.11 Å². The van der Waals surface area contributed by atoms with Crippen molar-refractivity contribution < 1.29 is 19.1 Å². The first kappa shape index (κ1) is 15.5. The predicted molar refractivity (Wildman–Crippen MR) is 76.3 cm³/mol. The summed E-state index contributed by atoms with van der Waals surface area (Å²) in [6.07, 6.45) is 2.09. The second-order valence-electron chi connectivity index (χ2n) is 5.77. The van der Waals surface area contributed by atoms with Gasteiger partial charge in [0, 0.05) is 12.5 Å². The van der Waals surface area contributed by atoms with Gasteiger partial charge in [0.1, 0.15) is 5.82 Å². The van der Waals surface area contributed by atoms with Crippen LogP contribution in [0.25, 0.3) is 0 Å². The van der Waals surface area contributed by atoms with Crippen molar-refractivity contribution in [2.24, 2.45) is 5.92 Å². The number of hydrogen-bond donors (Lipinski definition) is 2. The van der Waals surface area contributed by atoms with Crippen molar-refractivity contribution in [2.45, 2.75) is 44.6 Å². The molecule has 21 heavy (non-hydrogen) atoms. The van der Waals surface area contributed by atoms with E-state index >= 15 is 0 Å². The van der Waals surface area contributed by atoms with Gasteiger partial charge in [-0.25, -0.2) is 4.39 Å². The Bertz CT molecular complexity index is 532. The third-order valence-electron chi connectivity index (χ3n) is 4.06. The fourth-order valence-corrected chi connectivity index (χ4v) is 2.83. The van der Waals surface area contributed by atoms with E-state index in [-0.39, 0.29) is 36.0 Å². The fourth-order valence-electron chi connectivity index (χ4n) is 2.83. The lowest BCUT2D eigenvalue weighted by Gasteiger charge is -2.16. The highest BCUT2D eigenvalue weighted by Crippen LogP contribution is 2.26. The third-order valence-corrected chi connectivity index (χ3v) is 4.06. The van der Waals surface area contributed by atoms with E-state index in [1.165, 1.54) is 12.1 Å². The van der Waals surface area contributed by atoms with Crippen molar-refractivity contribution in [3.63, 3.8) is 0 Å². The number of halogens is 1. The molecule has 1 aliphatic carbocycles. The van der Waals surface area contributed by atoms with E-state index in [9.17, 15) is 14.0 Å². The van der Waals surface area contributed by atoms with Crippen LogP contribution in [0.1, 0.15) is 44.1 Å². The Balaban J connectivity index is 1.83. The molecule has 1 aliphatic rings. The molecule has 0 heterocycles. The van der Waals surface area contributed by atoms with Gasteiger partial charge in [-0.3, -0.25) is 9.59 Å². The van der Waals surface area contributed by atoms with Gasteiger partial charge in [0.25, 0.3) is 0 Å². The lowest BCUT2D eigenvalue weighted by molar-refractivity contribution is -0.141. The average molecular weight is 293 g/mol. The molecule has 0 bridgehead atoms. The largest absolute Gasteiger partial charge is 0.481 e. The van der Waals surface area contributed by atoms with Gasteiger partial charge in [-0.1, -0.05) is 19.1 Å². The number of hydrogen-bond acceptors (Lipinski definition) is 2. The topological polar surface area (TPSA) is 66.4 Å². The quantitative estimate of drug-likeness (QED) is 0.877. The first-order valence-corrected chi connectivity index (χ1v) is 7.23. The summed E-state index contributed by atoms with van der Waals surface area (Å²) < 4.78 is 13.2. The molecule has 1 amide bonds. The molecule has 0 aliphatic heterocycles. The number of rotatable bonds is 5. The van der Waals surface area contributed by atoms with Crippen LogP contribution in [-0.2, 0) is 9.59 Å². The summed E-state index contributed by atoms with van der Waals surface area (Å²) in [7, 11) is 0. The molecule has 2 rings (SSSR count). The Morgan fingerprint density at radius 3 is 2.81 bits per heavy atom. The van der Waals surface area contributed by atoms with E-state index in [1.807, 2.05) is 6.92 Å². The lowest BCUT2D eigenvalue weighted by Crippen LogP contribution is -2.33. The monoisotopic (exact) mass is 293 g/mol. The SMILES string of the molecule is CC(CC(=O)N[C@@H]1CC[C@H](C(=O)O)C1)c1cccc(F)c1. The number of carboxylic acid groups (broad SMARTS) is 1. The van der Waals surface area contributed by atoms with Crippen LogP contribution in [0.2, 0.25) is 0 Å². The third kappa shape index (κ3) is 4.28. The maximum absolute atomic E-state index is 13.2. The van der Waals surface area contributed by atoms with Crippen LogP contribution < -0.4 is 5.32 Å². The highest BCUT2D eigenvalue weighted by Gasteiger charge is 2.30. The minimum atomic E-state index is -0.792. The molecule has 0 saturated heterocycles. The Labute approximate surface area is 123 Å². The van der Waals surface area contributed by atoms with Crippen LogP contribution in [0, 0.1) is 11.7 Å². The molecule has 3 atom stereocenters. The van der Waals surface area contributed by atoms with Crippen LogP contribution in [0.15, 0.2) is 24.3 Å². The van der Waals surface area contributed by atoms with Gasteiger partial charge in [0.15, 0.2) is 0 Å².